The molecule has 1 aromatic rings. The molecule has 0 aromatic heterocycles. The van der Waals surface area contributed by atoms with Gasteiger partial charge in [0.15, 0.2) is 0 Å². The van der Waals surface area contributed by atoms with Crippen molar-refractivity contribution in [2.75, 3.05) is 24.5 Å². The van der Waals surface area contributed by atoms with Crippen LogP contribution in [0.3, 0.4) is 0 Å². The molecule has 4 heteroatoms. The molecule has 0 unspecified atom stereocenters. The van der Waals surface area contributed by atoms with Crippen LogP contribution in [0.2, 0.25) is 0 Å². The fourth-order valence-corrected chi connectivity index (χ4v) is 2.61. The predicted octanol–water partition coefficient (Wildman–Crippen LogP) is 1.25. The molecule has 0 spiro atoms. The van der Waals surface area contributed by atoms with Crippen molar-refractivity contribution in [3.8, 4) is 0 Å². The van der Waals surface area contributed by atoms with E-state index in [1.165, 1.54) is 11.1 Å². The zero-order valence-electron chi connectivity index (χ0n) is 9.83. The molecule has 1 aromatic carbocycles. The number of nitrogens with one attached hydrogen (secondary N) is 2. The van der Waals surface area contributed by atoms with Gasteiger partial charge in [0.2, 0.25) is 0 Å². The van der Waals surface area contributed by atoms with Crippen LogP contribution in [-0.4, -0.2) is 25.7 Å². The number of urea groups is 1. The van der Waals surface area contributed by atoms with Crippen LogP contribution in [0.4, 0.5) is 10.5 Å². The van der Waals surface area contributed by atoms with E-state index in [9.17, 15) is 4.79 Å². The molecule has 90 valence electrons. The fourth-order valence-electron chi connectivity index (χ4n) is 2.61. The third-order valence-electron chi connectivity index (χ3n) is 3.49. The van der Waals surface area contributed by atoms with Gasteiger partial charge in [0.05, 0.1) is 5.69 Å². The molecular formula is C13H17N3O. The smallest absolute Gasteiger partial charge is 0.321 e. The van der Waals surface area contributed by atoms with Gasteiger partial charge in [-0.15, -0.1) is 0 Å². The molecule has 1 saturated heterocycles. The highest BCUT2D eigenvalue weighted by Gasteiger charge is 2.23. The molecule has 0 radical (unpaired) electrons. The summed E-state index contributed by atoms with van der Waals surface area (Å²) < 4.78 is 0. The van der Waals surface area contributed by atoms with E-state index in [1.54, 1.807) is 0 Å². The standard InChI is InChI=1S/C13H17N3O/c17-13-15-6-2-8-16(13)12-4-1-3-10-5-7-14-9-11(10)12/h1,3-4,14H,2,5-9H2,(H,15,17). The maximum Gasteiger partial charge on any atom is 0.321 e. The number of fused-ring (bicyclic) bond motifs is 1. The van der Waals surface area contributed by atoms with Crippen molar-refractivity contribution >= 4 is 11.7 Å². The Kier molecular flexibility index (Phi) is 2.73. The lowest BCUT2D eigenvalue weighted by molar-refractivity contribution is 0.243. The van der Waals surface area contributed by atoms with Gasteiger partial charge >= 0.3 is 6.03 Å². The van der Waals surface area contributed by atoms with Gasteiger partial charge in [0, 0.05) is 19.6 Å². The largest absolute Gasteiger partial charge is 0.338 e. The minimum absolute atomic E-state index is 0.0372. The van der Waals surface area contributed by atoms with E-state index in [-0.39, 0.29) is 6.03 Å². The topological polar surface area (TPSA) is 44.4 Å². The Morgan fingerprint density at radius 1 is 1.24 bits per heavy atom. The Morgan fingerprint density at radius 3 is 3.06 bits per heavy atom. The van der Waals surface area contributed by atoms with Gasteiger partial charge in [0.1, 0.15) is 0 Å². The minimum Gasteiger partial charge on any atom is -0.338 e. The third kappa shape index (κ3) is 1.89. The predicted molar refractivity (Wildman–Crippen MR) is 67.2 cm³/mol. The van der Waals surface area contributed by atoms with Crippen molar-refractivity contribution in [1.82, 2.24) is 10.6 Å². The molecule has 4 nitrogen and oxygen atoms in total. The lowest BCUT2D eigenvalue weighted by Crippen LogP contribution is -2.47. The van der Waals surface area contributed by atoms with Crippen molar-refractivity contribution in [2.24, 2.45) is 0 Å². The summed E-state index contributed by atoms with van der Waals surface area (Å²) in [6.07, 6.45) is 2.07. The van der Waals surface area contributed by atoms with Gasteiger partial charge in [0.25, 0.3) is 0 Å². The van der Waals surface area contributed by atoms with Gasteiger partial charge in [-0.3, -0.25) is 4.90 Å². The molecular weight excluding hydrogens is 214 g/mol. The maximum absolute atomic E-state index is 11.9. The Bertz CT molecular complexity index is 444. The first-order valence-electron chi connectivity index (χ1n) is 6.23. The molecule has 2 N–H and O–H groups in total. The highest BCUT2D eigenvalue weighted by molar-refractivity contribution is 5.93. The Balaban J connectivity index is 1.99. The monoisotopic (exact) mass is 231 g/mol. The van der Waals surface area contributed by atoms with Crippen LogP contribution < -0.4 is 15.5 Å². The average molecular weight is 231 g/mol. The molecule has 2 aliphatic heterocycles. The van der Waals surface area contributed by atoms with E-state index >= 15 is 0 Å². The first kappa shape index (κ1) is 10.6. The number of hydrogen-bond acceptors (Lipinski definition) is 2. The summed E-state index contributed by atoms with van der Waals surface area (Å²) in [6.45, 7) is 3.52. The van der Waals surface area contributed by atoms with E-state index in [0.29, 0.717) is 0 Å². The Morgan fingerprint density at radius 2 is 2.18 bits per heavy atom. The van der Waals surface area contributed by atoms with Crippen molar-refractivity contribution in [3.05, 3.63) is 29.3 Å². The summed E-state index contributed by atoms with van der Waals surface area (Å²) in [5.41, 5.74) is 3.74. The number of carbonyl (C=O) groups is 1. The molecule has 0 saturated carbocycles. The number of nitrogens with zero attached hydrogens (tertiary/aromatic N) is 1. The number of anilines is 1. The van der Waals surface area contributed by atoms with Gasteiger partial charge in [-0.1, -0.05) is 12.1 Å². The number of amides is 2. The highest BCUT2D eigenvalue weighted by atomic mass is 16.2. The summed E-state index contributed by atoms with van der Waals surface area (Å²) in [6, 6.07) is 6.31. The Labute approximate surface area is 101 Å². The molecule has 3 rings (SSSR count). The Hall–Kier alpha value is -1.55. The van der Waals surface area contributed by atoms with Crippen molar-refractivity contribution in [3.63, 3.8) is 0 Å². The molecule has 2 amide bonds. The zero-order chi connectivity index (χ0) is 11.7. The summed E-state index contributed by atoms with van der Waals surface area (Å²) in [5.74, 6) is 0. The lowest BCUT2D eigenvalue weighted by atomic mass is 9.98. The maximum atomic E-state index is 11.9. The van der Waals surface area contributed by atoms with Crippen molar-refractivity contribution in [1.29, 1.82) is 0 Å². The van der Waals surface area contributed by atoms with Crippen LogP contribution in [0.15, 0.2) is 18.2 Å². The normalized spacial score (nSPS) is 19.8. The molecule has 17 heavy (non-hydrogen) atoms. The van der Waals surface area contributed by atoms with E-state index in [0.717, 1.165) is 44.7 Å². The van der Waals surface area contributed by atoms with E-state index in [1.807, 2.05) is 4.90 Å². The van der Waals surface area contributed by atoms with Gasteiger partial charge < -0.3 is 10.6 Å². The zero-order valence-corrected chi connectivity index (χ0v) is 9.83. The first-order valence-corrected chi connectivity index (χ1v) is 6.23. The SMILES string of the molecule is O=C1NCCCN1c1cccc2c1CNCC2. The quantitative estimate of drug-likeness (QED) is 0.764. The molecule has 2 heterocycles. The summed E-state index contributed by atoms with van der Waals surface area (Å²) in [4.78, 5) is 13.7. The number of carbonyl (C=O) groups excluding carboxylic acids is 1. The van der Waals surface area contributed by atoms with E-state index < -0.39 is 0 Å². The van der Waals surface area contributed by atoms with Crippen molar-refractivity contribution < 1.29 is 4.79 Å². The van der Waals surface area contributed by atoms with Crippen LogP contribution in [0.5, 0.6) is 0 Å². The van der Waals surface area contributed by atoms with Gasteiger partial charge in [-0.05, 0) is 36.6 Å². The second-order valence-corrected chi connectivity index (χ2v) is 4.58. The average Bonchev–Trinajstić information content (AvgIpc) is 2.39. The van der Waals surface area contributed by atoms with E-state index in [2.05, 4.69) is 28.8 Å². The minimum atomic E-state index is 0.0372. The number of hydrogen-bond donors (Lipinski definition) is 2. The molecule has 0 atom stereocenters. The summed E-state index contributed by atoms with van der Waals surface area (Å²) in [5, 5.41) is 6.28. The fraction of sp³-hybridized carbons (Fsp3) is 0.462. The highest BCUT2D eigenvalue weighted by Crippen LogP contribution is 2.27. The first-order chi connectivity index (χ1) is 8.36. The summed E-state index contributed by atoms with van der Waals surface area (Å²) >= 11 is 0. The van der Waals surface area contributed by atoms with Crippen molar-refractivity contribution in [2.45, 2.75) is 19.4 Å². The van der Waals surface area contributed by atoms with Gasteiger partial charge in [-0.2, -0.15) is 0 Å². The summed E-state index contributed by atoms with van der Waals surface area (Å²) in [7, 11) is 0. The van der Waals surface area contributed by atoms with Crippen LogP contribution in [0.1, 0.15) is 17.5 Å². The lowest BCUT2D eigenvalue weighted by Gasteiger charge is -2.31. The third-order valence-corrected chi connectivity index (χ3v) is 3.49. The van der Waals surface area contributed by atoms with Gasteiger partial charge in [-0.25, -0.2) is 4.79 Å². The molecule has 1 fully saturated rings. The number of rotatable bonds is 1. The van der Waals surface area contributed by atoms with Crippen LogP contribution >= 0.6 is 0 Å². The van der Waals surface area contributed by atoms with Crippen LogP contribution in [0.25, 0.3) is 0 Å². The number of benzene rings is 1. The molecule has 2 aliphatic rings. The molecule has 0 bridgehead atoms. The second-order valence-electron chi connectivity index (χ2n) is 4.58. The van der Waals surface area contributed by atoms with Crippen LogP contribution in [0, 0.1) is 0 Å². The van der Waals surface area contributed by atoms with E-state index in [4.69, 9.17) is 0 Å². The second kappa shape index (κ2) is 4.37. The molecule has 0 aliphatic carbocycles. The van der Waals surface area contributed by atoms with Crippen LogP contribution in [-0.2, 0) is 13.0 Å².